The maximum absolute atomic E-state index is 13.8. The lowest BCUT2D eigenvalue weighted by Crippen LogP contribution is -2.41. The SMILES string of the molecule is CC(C)(C)OC(=O)N1CCC(c2c(F)cccc2F)CC1. The van der Waals surface area contributed by atoms with E-state index in [2.05, 4.69) is 0 Å². The molecule has 116 valence electrons. The number of benzene rings is 1. The first-order valence-corrected chi connectivity index (χ1v) is 7.20. The number of hydrogen-bond donors (Lipinski definition) is 0. The molecular formula is C16H21F2NO2. The van der Waals surface area contributed by atoms with Crippen LogP contribution in [-0.2, 0) is 4.74 Å². The molecule has 0 atom stereocenters. The predicted molar refractivity (Wildman–Crippen MR) is 76.1 cm³/mol. The maximum atomic E-state index is 13.8. The molecule has 1 aliphatic heterocycles. The van der Waals surface area contributed by atoms with Crippen LogP contribution in [0.5, 0.6) is 0 Å². The van der Waals surface area contributed by atoms with E-state index in [0.717, 1.165) is 0 Å². The van der Waals surface area contributed by atoms with E-state index in [0.29, 0.717) is 25.9 Å². The Labute approximate surface area is 123 Å². The zero-order chi connectivity index (χ0) is 15.6. The van der Waals surface area contributed by atoms with E-state index in [1.54, 1.807) is 4.90 Å². The van der Waals surface area contributed by atoms with Crippen molar-refractivity contribution in [1.82, 2.24) is 4.90 Å². The fourth-order valence-corrected chi connectivity index (χ4v) is 2.58. The minimum absolute atomic E-state index is 0.140. The molecule has 0 unspecified atom stereocenters. The average Bonchev–Trinajstić information content (AvgIpc) is 2.37. The summed E-state index contributed by atoms with van der Waals surface area (Å²) in [5.74, 6) is -1.21. The highest BCUT2D eigenvalue weighted by atomic mass is 19.1. The number of carbonyl (C=O) groups excluding carboxylic acids is 1. The van der Waals surface area contributed by atoms with Crippen LogP contribution < -0.4 is 0 Å². The van der Waals surface area contributed by atoms with E-state index >= 15 is 0 Å². The molecule has 21 heavy (non-hydrogen) atoms. The maximum Gasteiger partial charge on any atom is 0.410 e. The highest BCUT2D eigenvalue weighted by Gasteiger charge is 2.29. The molecule has 1 aliphatic rings. The quantitative estimate of drug-likeness (QED) is 0.781. The van der Waals surface area contributed by atoms with E-state index in [9.17, 15) is 13.6 Å². The predicted octanol–water partition coefficient (Wildman–Crippen LogP) is 4.08. The van der Waals surface area contributed by atoms with Crippen LogP contribution in [0.4, 0.5) is 13.6 Å². The fourth-order valence-electron chi connectivity index (χ4n) is 2.58. The molecule has 0 spiro atoms. The number of likely N-dealkylation sites (tertiary alicyclic amines) is 1. The van der Waals surface area contributed by atoms with Crippen molar-refractivity contribution in [2.75, 3.05) is 13.1 Å². The van der Waals surface area contributed by atoms with Gasteiger partial charge in [-0.3, -0.25) is 0 Å². The number of rotatable bonds is 1. The molecule has 1 heterocycles. The molecule has 3 nitrogen and oxygen atoms in total. The van der Waals surface area contributed by atoms with Crippen molar-refractivity contribution in [3.63, 3.8) is 0 Å². The molecule has 1 amide bonds. The van der Waals surface area contributed by atoms with Gasteiger partial charge in [0.2, 0.25) is 0 Å². The van der Waals surface area contributed by atoms with Gasteiger partial charge < -0.3 is 9.64 Å². The Bertz CT molecular complexity index is 497. The molecule has 0 aliphatic carbocycles. The number of nitrogens with zero attached hydrogens (tertiary/aromatic N) is 1. The van der Waals surface area contributed by atoms with Gasteiger partial charge in [-0.2, -0.15) is 0 Å². The second-order valence-corrected chi connectivity index (χ2v) is 6.38. The lowest BCUT2D eigenvalue weighted by Gasteiger charge is -2.33. The molecule has 0 bridgehead atoms. The zero-order valence-corrected chi connectivity index (χ0v) is 12.7. The highest BCUT2D eigenvalue weighted by molar-refractivity contribution is 5.68. The number of carbonyl (C=O) groups is 1. The van der Waals surface area contributed by atoms with Crippen LogP contribution in [0.1, 0.15) is 45.1 Å². The lowest BCUT2D eigenvalue weighted by molar-refractivity contribution is 0.0204. The van der Waals surface area contributed by atoms with Crippen molar-refractivity contribution >= 4 is 6.09 Å². The Morgan fingerprint density at radius 1 is 1.19 bits per heavy atom. The van der Waals surface area contributed by atoms with Crippen molar-refractivity contribution in [2.45, 2.75) is 45.1 Å². The van der Waals surface area contributed by atoms with Crippen molar-refractivity contribution in [1.29, 1.82) is 0 Å². The van der Waals surface area contributed by atoms with Crippen LogP contribution >= 0.6 is 0 Å². The van der Waals surface area contributed by atoms with Gasteiger partial charge in [-0.15, -0.1) is 0 Å². The first-order valence-electron chi connectivity index (χ1n) is 7.20. The van der Waals surface area contributed by atoms with E-state index in [1.807, 2.05) is 20.8 Å². The first kappa shape index (κ1) is 15.7. The van der Waals surface area contributed by atoms with Crippen LogP contribution in [0.3, 0.4) is 0 Å². The van der Waals surface area contributed by atoms with Gasteiger partial charge in [0.15, 0.2) is 0 Å². The average molecular weight is 297 g/mol. The Hall–Kier alpha value is -1.65. The van der Waals surface area contributed by atoms with Crippen LogP contribution in [0.2, 0.25) is 0 Å². The smallest absolute Gasteiger partial charge is 0.410 e. The summed E-state index contributed by atoms with van der Waals surface area (Å²) >= 11 is 0. The molecule has 0 saturated carbocycles. The molecule has 1 saturated heterocycles. The fraction of sp³-hybridized carbons (Fsp3) is 0.562. The summed E-state index contributed by atoms with van der Waals surface area (Å²) in [7, 11) is 0. The van der Waals surface area contributed by atoms with Crippen molar-refractivity contribution in [3.8, 4) is 0 Å². The summed E-state index contributed by atoms with van der Waals surface area (Å²) in [6.45, 7) is 6.34. The third-order valence-electron chi connectivity index (χ3n) is 3.55. The van der Waals surface area contributed by atoms with Gasteiger partial charge in [0, 0.05) is 18.7 Å². The summed E-state index contributed by atoms with van der Waals surface area (Å²) in [4.78, 5) is 13.5. The number of amides is 1. The summed E-state index contributed by atoms with van der Waals surface area (Å²) in [5, 5.41) is 0. The van der Waals surface area contributed by atoms with E-state index in [4.69, 9.17) is 4.74 Å². The zero-order valence-electron chi connectivity index (χ0n) is 12.7. The van der Waals surface area contributed by atoms with Gasteiger partial charge >= 0.3 is 6.09 Å². The van der Waals surface area contributed by atoms with Crippen LogP contribution in [0.25, 0.3) is 0 Å². The first-order chi connectivity index (χ1) is 9.78. The third kappa shape index (κ3) is 3.93. The number of hydrogen-bond acceptors (Lipinski definition) is 2. The Morgan fingerprint density at radius 3 is 2.19 bits per heavy atom. The molecule has 1 aromatic rings. The van der Waals surface area contributed by atoms with Crippen molar-refractivity contribution in [2.24, 2.45) is 0 Å². The molecule has 5 heteroatoms. The van der Waals surface area contributed by atoms with Crippen molar-refractivity contribution < 1.29 is 18.3 Å². The largest absolute Gasteiger partial charge is 0.444 e. The third-order valence-corrected chi connectivity index (χ3v) is 3.55. The standard InChI is InChI=1S/C16H21F2NO2/c1-16(2,3)21-15(20)19-9-7-11(8-10-19)14-12(17)5-4-6-13(14)18/h4-6,11H,7-10H2,1-3H3. The molecular weight excluding hydrogens is 276 g/mol. The Morgan fingerprint density at radius 2 is 1.71 bits per heavy atom. The number of halogens is 2. The van der Waals surface area contributed by atoms with Gasteiger partial charge in [-0.25, -0.2) is 13.6 Å². The monoisotopic (exact) mass is 297 g/mol. The molecule has 0 radical (unpaired) electrons. The van der Waals surface area contributed by atoms with Crippen LogP contribution in [0, 0.1) is 11.6 Å². The van der Waals surface area contributed by atoms with Gasteiger partial charge in [0.1, 0.15) is 17.2 Å². The molecule has 1 aromatic carbocycles. The van der Waals surface area contributed by atoms with Gasteiger partial charge in [-0.05, 0) is 51.7 Å². The Kier molecular flexibility index (Phi) is 4.49. The minimum Gasteiger partial charge on any atom is -0.444 e. The van der Waals surface area contributed by atoms with Crippen LogP contribution in [-0.4, -0.2) is 29.7 Å². The summed E-state index contributed by atoms with van der Waals surface area (Å²) < 4.78 is 32.8. The van der Waals surface area contributed by atoms with E-state index in [-0.39, 0.29) is 17.6 Å². The summed E-state index contributed by atoms with van der Waals surface area (Å²) in [6.07, 6.45) is 0.712. The van der Waals surface area contributed by atoms with Gasteiger partial charge in [0.05, 0.1) is 0 Å². The van der Waals surface area contributed by atoms with E-state index < -0.39 is 17.2 Å². The second kappa shape index (κ2) is 6.00. The Balaban J connectivity index is 1.99. The van der Waals surface area contributed by atoms with Gasteiger partial charge in [-0.1, -0.05) is 6.07 Å². The number of ether oxygens (including phenoxy) is 1. The summed E-state index contributed by atoms with van der Waals surface area (Å²) in [6, 6.07) is 3.92. The molecule has 0 aromatic heterocycles. The number of piperidine rings is 1. The van der Waals surface area contributed by atoms with Crippen molar-refractivity contribution in [3.05, 3.63) is 35.4 Å². The van der Waals surface area contributed by atoms with Crippen LogP contribution in [0.15, 0.2) is 18.2 Å². The highest BCUT2D eigenvalue weighted by Crippen LogP contribution is 2.32. The summed E-state index contributed by atoms with van der Waals surface area (Å²) in [5.41, 5.74) is -0.396. The minimum atomic E-state index is -0.536. The molecule has 0 N–H and O–H groups in total. The molecule has 1 fully saturated rings. The lowest BCUT2D eigenvalue weighted by atomic mass is 9.89. The normalized spacial score (nSPS) is 16.9. The van der Waals surface area contributed by atoms with E-state index in [1.165, 1.54) is 18.2 Å². The molecule has 2 rings (SSSR count). The van der Waals surface area contributed by atoms with Gasteiger partial charge in [0.25, 0.3) is 0 Å². The second-order valence-electron chi connectivity index (χ2n) is 6.38. The topological polar surface area (TPSA) is 29.5 Å².